The minimum atomic E-state index is 0.0658. The molecule has 7 heteroatoms. The molecule has 29 heavy (non-hydrogen) atoms. The van der Waals surface area contributed by atoms with Gasteiger partial charge in [-0.25, -0.2) is 0 Å². The van der Waals surface area contributed by atoms with Crippen molar-refractivity contribution in [2.24, 2.45) is 0 Å². The van der Waals surface area contributed by atoms with E-state index in [-0.39, 0.29) is 12.5 Å². The first-order valence-corrected chi connectivity index (χ1v) is 12.2. The van der Waals surface area contributed by atoms with Crippen LogP contribution in [0.3, 0.4) is 0 Å². The monoisotopic (exact) mass is 429 g/mol. The van der Waals surface area contributed by atoms with Gasteiger partial charge in [-0.05, 0) is 53.3 Å². The van der Waals surface area contributed by atoms with Crippen molar-refractivity contribution in [3.05, 3.63) is 59.9 Å². The number of rotatable bonds is 6. The molecule has 2 aromatic rings. The zero-order valence-corrected chi connectivity index (χ0v) is 18.2. The van der Waals surface area contributed by atoms with Crippen LogP contribution in [0.1, 0.15) is 22.1 Å². The minimum absolute atomic E-state index is 0.0658. The number of amides is 1. The van der Waals surface area contributed by atoms with Gasteiger partial charge in [-0.3, -0.25) is 14.7 Å². The number of benzene rings is 1. The van der Waals surface area contributed by atoms with Crippen molar-refractivity contribution < 1.29 is 9.53 Å². The lowest BCUT2D eigenvalue weighted by atomic mass is 10.2. The molecule has 0 unspecified atom stereocenters. The van der Waals surface area contributed by atoms with Gasteiger partial charge in [-0.15, -0.1) is 23.5 Å². The molecule has 2 saturated heterocycles. The Balaban J connectivity index is 1.20. The van der Waals surface area contributed by atoms with Crippen molar-refractivity contribution >= 4 is 29.4 Å². The number of carbonyl (C=O) groups excluding carboxylic acids is 1. The molecule has 0 atom stereocenters. The highest BCUT2D eigenvalue weighted by Gasteiger charge is 2.21. The summed E-state index contributed by atoms with van der Waals surface area (Å²) >= 11 is 4.03. The molecule has 0 N–H and O–H groups in total. The summed E-state index contributed by atoms with van der Waals surface area (Å²) < 4.78 is 6.29. The van der Waals surface area contributed by atoms with Crippen LogP contribution in [0.25, 0.3) is 0 Å². The van der Waals surface area contributed by atoms with Gasteiger partial charge in [-0.2, -0.15) is 0 Å². The molecule has 154 valence electrons. The summed E-state index contributed by atoms with van der Waals surface area (Å²) in [6.07, 6.45) is 4.95. The number of piperazine rings is 1. The number of thioether (sulfide) groups is 2. The number of nitrogens with zero attached hydrogens (tertiary/aromatic N) is 3. The Morgan fingerprint density at radius 3 is 2.38 bits per heavy atom. The SMILES string of the molecule is O=C(COc1ccc(C2SCCCS2)cc1)N1CCN(Cc2ccncc2)CC1. The average molecular weight is 430 g/mol. The molecule has 2 aliphatic rings. The van der Waals surface area contributed by atoms with Crippen LogP contribution in [-0.4, -0.2) is 65.0 Å². The fourth-order valence-electron chi connectivity index (χ4n) is 3.54. The highest BCUT2D eigenvalue weighted by Crippen LogP contribution is 2.43. The third-order valence-corrected chi connectivity index (χ3v) is 8.24. The molecule has 2 fully saturated rings. The van der Waals surface area contributed by atoms with Gasteiger partial charge >= 0.3 is 0 Å². The number of hydrogen-bond donors (Lipinski definition) is 0. The molecular formula is C22H27N3O2S2. The molecule has 0 bridgehead atoms. The predicted molar refractivity (Wildman–Crippen MR) is 120 cm³/mol. The predicted octanol–water partition coefficient (Wildman–Crippen LogP) is 3.67. The standard InChI is InChI=1S/C22H27N3O2S2/c26-21(25-12-10-24(11-13-25)16-18-6-8-23-9-7-18)17-27-20-4-2-19(3-5-20)22-28-14-1-15-29-22/h2-9,22H,1,10-17H2. The number of pyridine rings is 1. The van der Waals surface area contributed by atoms with Crippen LogP contribution in [0.4, 0.5) is 0 Å². The molecule has 4 rings (SSSR count). The van der Waals surface area contributed by atoms with E-state index in [1.54, 1.807) is 0 Å². The fourth-order valence-corrected chi connectivity index (χ4v) is 6.43. The Morgan fingerprint density at radius 2 is 1.69 bits per heavy atom. The van der Waals surface area contributed by atoms with E-state index in [0.717, 1.165) is 38.5 Å². The molecule has 5 nitrogen and oxygen atoms in total. The molecule has 0 saturated carbocycles. The number of aromatic nitrogens is 1. The molecule has 0 aliphatic carbocycles. The van der Waals surface area contributed by atoms with Gasteiger partial charge < -0.3 is 9.64 Å². The van der Waals surface area contributed by atoms with Crippen molar-refractivity contribution in [3.8, 4) is 5.75 Å². The maximum atomic E-state index is 12.5. The Kier molecular flexibility index (Phi) is 7.35. The van der Waals surface area contributed by atoms with E-state index in [9.17, 15) is 4.79 Å². The largest absolute Gasteiger partial charge is 0.484 e. The van der Waals surface area contributed by atoms with Crippen molar-refractivity contribution in [3.63, 3.8) is 0 Å². The average Bonchev–Trinajstić information content (AvgIpc) is 2.80. The summed E-state index contributed by atoms with van der Waals surface area (Å²) in [4.78, 5) is 20.9. The number of hydrogen-bond acceptors (Lipinski definition) is 6. The first-order chi connectivity index (χ1) is 14.3. The fraction of sp³-hybridized carbons (Fsp3) is 0.455. The highest BCUT2D eigenvalue weighted by molar-refractivity contribution is 8.16. The van der Waals surface area contributed by atoms with Crippen LogP contribution in [0.15, 0.2) is 48.8 Å². The molecule has 1 aromatic carbocycles. The Labute approximate surface area is 181 Å². The summed E-state index contributed by atoms with van der Waals surface area (Å²) in [5.41, 5.74) is 2.60. The van der Waals surface area contributed by atoms with Gasteiger partial charge in [0, 0.05) is 45.1 Å². The van der Waals surface area contributed by atoms with E-state index in [4.69, 9.17) is 4.74 Å². The Morgan fingerprint density at radius 1 is 1.00 bits per heavy atom. The second-order valence-electron chi connectivity index (χ2n) is 7.30. The van der Waals surface area contributed by atoms with Gasteiger partial charge in [0.05, 0.1) is 4.58 Å². The highest BCUT2D eigenvalue weighted by atomic mass is 32.2. The number of ether oxygens (including phenoxy) is 1. The van der Waals surface area contributed by atoms with E-state index in [1.807, 2.05) is 65.1 Å². The Bertz CT molecular complexity index is 774. The zero-order chi connectivity index (χ0) is 19.9. The molecule has 1 amide bonds. The quantitative estimate of drug-likeness (QED) is 0.698. The summed E-state index contributed by atoms with van der Waals surface area (Å²) in [6.45, 7) is 4.30. The molecule has 2 aliphatic heterocycles. The maximum Gasteiger partial charge on any atom is 0.260 e. The lowest BCUT2D eigenvalue weighted by Crippen LogP contribution is -2.49. The summed E-state index contributed by atoms with van der Waals surface area (Å²) in [6, 6.07) is 12.3. The smallest absolute Gasteiger partial charge is 0.260 e. The second kappa shape index (κ2) is 10.4. The van der Waals surface area contributed by atoms with E-state index >= 15 is 0 Å². The van der Waals surface area contributed by atoms with Crippen LogP contribution in [0.2, 0.25) is 0 Å². The molecule has 3 heterocycles. The third kappa shape index (κ3) is 5.90. The molecule has 0 radical (unpaired) electrons. The summed E-state index contributed by atoms with van der Waals surface area (Å²) in [7, 11) is 0. The van der Waals surface area contributed by atoms with Crippen molar-refractivity contribution in [2.45, 2.75) is 17.5 Å². The van der Waals surface area contributed by atoms with Gasteiger partial charge in [0.1, 0.15) is 5.75 Å². The van der Waals surface area contributed by atoms with Crippen LogP contribution in [-0.2, 0) is 11.3 Å². The lowest BCUT2D eigenvalue weighted by molar-refractivity contribution is -0.135. The number of carbonyl (C=O) groups is 1. The van der Waals surface area contributed by atoms with Gasteiger partial charge in [0.25, 0.3) is 5.91 Å². The first kappa shape index (κ1) is 20.6. The lowest BCUT2D eigenvalue weighted by Gasteiger charge is -2.34. The van der Waals surface area contributed by atoms with Gasteiger partial charge in [0.15, 0.2) is 6.61 Å². The van der Waals surface area contributed by atoms with E-state index in [1.165, 1.54) is 29.1 Å². The van der Waals surface area contributed by atoms with E-state index < -0.39 is 0 Å². The van der Waals surface area contributed by atoms with Gasteiger partial charge in [0.2, 0.25) is 0 Å². The molecule has 0 spiro atoms. The minimum Gasteiger partial charge on any atom is -0.484 e. The zero-order valence-electron chi connectivity index (χ0n) is 16.5. The molecular weight excluding hydrogens is 402 g/mol. The van der Waals surface area contributed by atoms with Crippen molar-refractivity contribution in [1.29, 1.82) is 0 Å². The van der Waals surface area contributed by atoms with Gasteiger partial charge in [-0.1, -0.05) is 12.1 Å². The van der Waals surface area contributed by atoms with E-state index in [0.29, 0.717) is 4.58 Å². The van der Waals surface area contributed by atoms with Crippen molar-refractivity contribution in [2.75, 3.05) is 44.3 Å². The molecule has 1 aromatic heterocycles. The van der Waals surface area contributed by atoms with Crippen molar-refractivity contribution in [1.82, 2.24) is 14.8 Å². The van der Waals surface area contributed by atoms with Crippen LogP contribution in [0, 0.1) is 0 Å². The third-order valence-electron chi connectivity index (χ3n) is 5.22. The topological polar surface area (TPSA) is 45.7 Å². The maximum absolute atomic E-state index is 12.5. The normalized spacial score (nSPS) is 18.6. The Hall–Kier alpha value is -1.70. The van der Waals surface area contributed by atoms with Crippen LogP contribution in [0.5, 0.6) is 5.75 Å². The van der Waals surface area contributed by atoms with Crippen LogP contribution < -0.4 is 4.74 Å². The first-order valence-electron chi connectivity index (χ1n) is 10.1. The second-order valence-corrected chi connectivity index (χ2v) is 10.0. The van der Waals surface area contributed by atoms with E-state index in [2.05, 4.69) is 22.0 Å². The summed E-state index contributed by atoms with van der Waals surface area (Å²) in [5.74, 6) is 3.31. The van der Waals surface area contributed by atoms with Crippen LogP contribution >= 0.6 is 23.5 Å². The summed E-state index contributed by atoms with van der Waals surface area (Å²) in [5, 5.41) is 0.